The molecule has 5 rings (SSSR count). The molecule has 0 bridgehead atoms. The smallest absolute Gasteiger partial charge is 0.320 e. The van der Waals surface area contributed by atoms with E-state index in [1.54, 1.807) is 36.3 Å². The number of aryl methyl sites for hydroxylation is 1. The van der Waals surface area contributed by atoms with Gasteiger partial charge in [-0.05, 0) is 23.8 Å². The highest BCUT2D eigenvalue weighted by atomic mass is 35.5. The molecular formula is C24H18ClN9O. The van der Waals surface area contributed by atoms with Gasteiger partial charge in [-0.2, -0.15) is 15.5 Å². The van der Waals surface area contributed by atoms with Crippen molar-refractivity contribution in [2.45, 2.75) is 6.54 Å². The molecule has 0 saturated heterocycles. The fraction of sp³-hybridized carbons (Fsp3) is 0.0833. The average Bonchev–Trinajstić information content (AvgIpc) is 3.52. The lowest BCUT2D eigenvalue weighted by molar-refractivity contribution is 0.251. The number of anilines is 1. The number of H-pyrrole nitrogens is 1. The number of aromatic amines is 1. The number of nitrogens with one attached hydrogen (secondary N) is 3. The van der Waals surface area contributed by atoms with Crippen molar-refractivity contribution >= 4 is 34.4 Å². The van der Waals surface area contributed by atoms with E-state index in [1.165, 1.54) is 0 Å². The summed E-state index contributed by atoms with van der Waals surface area (Å²) in [6.07, 6.45) is 3.42. The summed E-state index contributed by atoms with van der Waals surface area (Å²) in [6, 6.07) is 16.3. The van der Waals surface area contributed by atoms with Crippen LogP contribution >= 0.6 is 11.6 Å². The van der Waals surface area contributed by atoms with Gasteiger partial charge in [-0.3, -0.25) is 15.1 Å². The van der Waals surface area contributed by atoms with E-state index < -0.39 is 6.03 Å². The van der Waals surface area contributed by atoms with Crippen LogP contribution in [0, 0.1) is 11.3 Å². The van der Waals surface area contributed by atoms with Gasteiger partial charge in [0.15, 0.2) is 11.5 Å². The first kappa shape index (κ1) is 22.1. The average molecular weight is 484 g/mol. The van der Waals surface area contributed by atoms with Gasteiger partial charge in [-0.15, -0.1) is 0 Å². The summed E-state index contributed by atoms with van der Waals surface area (Å²) in [5.41, 5.74) is 3.53. The topological polar surface area (TPSA) is 137 Å². The third-order valence-electron chi connectivity index (χ3n) is 5.26. The number of aromatic nitrogens is 6. The summed E-state index contributed by atoms with van der Waals surface area (Å²) < 4.78 is 1.63. The minimum Gasteiger partial charge on any atom is -0.334 e. The molecule has 5 aromatic rings. The first-order chi connectivity index (χ1) is 17.0. The van der Waals surface area contributed by atoms with Crippen LogP contribution in [0.5, 0.6) is 0 Å². The highest BCUT2D eigenvalue weighted by Gasteiger charge is 2.21. The number of carbonyl (C=O) groups excluding carboxylic acids is 1. The molecule has 0 aliphatic heterocycles. The Morgan fingerprint density at radius 1 is 1.17 bits per heavy atom. The number of amides is 2. The number of benzene rings is 2. The van der Waals surface area contributed by atoms with Crippen molar-refractivity contribution in [3.8, 4) is 28.7 Å². The molecule has 11 heteroatoms. The highest BCUT2D eigenvalue weighted by molar-refractivity contribution is 6.35. The Morgan fingerprint density at radius 2 is 2.00 bits per heavy atom. The van der Waals surface area contributed by atoms with Gasteiger partial charge >= 0.3 is 6.03 Å². The van der Waals surface area contributed by atoms with Gasteiger partial charge < -0.3 is 5.32 Å². The Bertz CT molecular complexity index is 1580. The molecule has 0 radical (unpaired) electrons. The summed E-state index contributed by atoms with van der Waals surface area (Å²) in [5.74, 6) is 0.0259. The third-order valence-corrected chi connectivity index (χ3v) is 5.56. The van der Waals surface area contributed by atoms with Crippen LogP contribution in [-0.2, 0) is 13.6 Å². The lowest BCUT2D eigenvalue weighted by Crippen LogP contribution is -2.29. The zero-order valence-corrected chi connectivity index (χ0v) is 19.2. The lowest BCUT2D eigenvalue weighted by Gasteiger charge is -2.13. The van der Waals surface area contributed by atoms with E-state index in [2.05, 4.69) is 35.9 Å². The number of urea groups is 1. The Hall–Kier alpha value is -4.75. The molecule has 0 atom stereocenters. The number of rotatable bonds is 5. The fourth-order valence-electron chi connectivity index (χ4n) is 3.60. The zero-order valence-electron chi connectivity index (χ0n) is 18.5. The van der Waals surface area contributed by atoms with Crippen LogP contribution in [0.4, 0.5) is 10.6 Å². The van der Waals surface area contributed by atoms with Gasteiger partial charge in [0.2, 0.25) is 0 Å². The molecule has 172 valence electrons. The van der Waals surface area contributed by atoms with Crippen molar-refractivity contribution in [2.75, 3.05) is 5.32 Å². The van der Waals surface area contributed by atoms with E-state index in [-0.39, 0.29) is 11.5 Å². The van der Waals surface area contributed by atoms with Gasteiger partial charge in [0.05, 0.1) is 16.7 Å². The summed E-state index contributed by atoms with van der Waals surface area (Å²) in [5, 5.41) is 27.7. The third kappa shape index (κ3) is 4.53. The molecule has 3 heterocycles. The van der Waals surface area contributed by atoms with Crippen molar-refractivity contribution in [1.29, 1.82) is 5.26 Å². The Labute approximate surface area is 204 Å². The van der Waals surface area contributed by atoms with Gasteiger partial charge in [0.1, 0.15) is 23.2 Å². The Morgan fingerprint density at radius 3 is 2.74 bits per heavy atom. The largest absolute Gasteiger partial charge is 0.334 e. The summed E-state index contributed by atoms with van der Waals surface area (Å²) in [7, 11) is 1.78. The molecule has 2 amide bonds. The van der Waals surface area contributed by atoms with E-state index in [0.717, 1.165) is 10.9 Å². The van der Waals surface area contributed by atoms with Crippen LogP contribution in [0.15, 0.2) is 60.9 Å². The van der Waals surface area contributed by atoms with Gasteiger partial charge in [-0.1, -0.05) is 41.9 Å². The first-order valence-electron chi connectivity index (χ1n) is 10.6. The molecule has 0 saturated carbocycles. The molecule has 0 aliphatic carbocycles. The van der Waals surface area contributed by atoms with Crippen molar-refractivity contribution < 1.29 is 4.79 Å². The van der Waals surface area contributed by atoms with Crippen LogP contribution in [0.25, 0.3) is 33.5 Å². The minimum atomic E-state index is -0.512. The molecule has 35 heavy (non-hydrogen) atoms. The number of hydrogen-bond acceptors (Lipinski definition) is 6. The highest BCUT2D eigenvalue weighted by Crippen LogP contribution is 2.34. The van der Waals surface area contributed by atoms with E-state index in [0.29, 0.717) is 39.7 Å². The summed E-state index contributed by atoms with van der Waals surface area (Å²) in [4.78, 5) is 21.7. The minimum absolute atomic E-state index is 0.0259. The number of carbonyl (C=O) groups is 1. The molecular weight excluding hydrogens is 466 g/mol. The molecule has 10 nitrogen and oxygen atoms in total. The van der Waals surface area contributed by atoms with Crippen molar-refractivity contribution in [3.05, 3.63) is 77.2 Å². The number of hydrogen-bond donors (Lipinski definition) is 3. The predicted octanol–water partition coefficient (Wildman–Crippen LogP) is 4.27. The summed E-state index contributed by atoms with van der Waals surface area (Å²) in [6.45, 7) is 0.316. The second-order valence-corrected chi connectivity index (χ2v) is 8.10. The van der Waals surface area contributed by atoms with E-state index in [1.807, 2.05) is 42.5 Å². The van der Waals surface area contributed by atoms with Crippen molar-refractivity contribution in [2.24, 2.45) is 7.05 Å². The molecule has 0 fully saturated rings. The monoisotopic (exact) mass is 483 g/mol. The molecule has 3 N–H and O–H groups in total. The number of nitrogens with zero attached hydrogens (tertiary/aromatic N) is 6. The Kier molecular flexibility index (Phi) is 5.83. The first-order valence-corrected chi connectivity index (χ1v) is 10.9. The second-order valence-electron chi connectivity index (χ2n) is 7.69. The number of nitriles is 1. The number of fused-ring (bicyclic) bond motifs is 1. The van der Waals surface area contributed by atoms with Gasteiger partial charge in [0, 0.05) is 30.7 Å². The predicted molar refractivity (Wildman–Crippen MR) is 131 cm³/mol. The second kappa shape index (κ2) is 9.24. The lowest BCUT2D eigenvalue weighted by atomic mass is 10.1. The molecule has 0 unspecified atom stereocenters. The SMILES string of the molecule is Cn1ccc(-c2nc(NC(=O)NCc3ccccc3)c(C#N)nc2-c2cc(Cl)c3[nH]ncc3c2)n1. The Balaban J connectivity index is 1.55. The van der Waals surface area contributed by atoms with Crippen molar-refractivity contribution in [3.63, 3.8) is 0 Å². The molecule has 0 spiro atoms. The maximum absolute atomic E-state index is 12.6. The molecule has 2 aromatic carbocycles. The van der Waals surface area contributed by atoms with Gasteiger partial charge in [-0.25, -0.2) is 14.8 Å². The standard InChI is InChI=1S/C24H18ClN9O/c1-34-8-7-18(33-34)22-21(15-9-16-13-28-32-20(16)17(25)10-15)29-19(11-26)23(30-22)31-24(35)27-12-14-5-3-2-4-6-14/h2-10,13H,12H2,1H3,(H,28,32)(H2,27,30,31,35). The van der Waals surface area contributed by atoms with Crippen LogP contribution in [-0.4, -0.2) is 36.0 Å². The zero-order chi connectivity index (χ0) is 24.4. The quantitative estimate of drug-likeness (QED) is 0.341. The van der Waals surface area contributed by atoms with Crippen LogP contribution in [0.3, 0.4) is 0 Å². The van der Waals surface area contributed by atoms with Crippen LogP contribution in [0.2, 0.25) is 5.02 Å². The van der Waals surface area contributed by atoms with Crippen LogP contribution < -0.4 is 10.6 Å². The maximum atomic E-state index is 12.6. The van der Waals surface area contributed by atoms with E-state index in [4.69, 9.17) is 11.6 Å². The van der Waals surface area contributed by atoms with Crippen LogP contribution in [0.1, 0.15) is 11.3 Å². The van der Waals surface area contributed by atoms with Gasteiger partial charge in [0.25, 0.3) is 0 Å². The fourth-order valence-corrected chi connectivity index (χ4v) is 3.87. The van der Waals surface area contributed by atoms with Crippen molar-refractivity contribution in [1.82, 2.24) is 35.3 Å². The van der Waals surface area contributed by atoms with E-state index in [9.17, 15) is 10.1 Å². The number of halogens is 1. The normalized spacial score (nSPS) is 10.8. The maximum Gasteiger partial charge on any atom is 0.320 e. The van der Waals surface area contributed by atoms with E-state index >= 15 is 0 Å². The molecule has 3 aromatic heterocycles. The summed E-state index contributed by atoms with van der Waals surface area (Å²) >= 11 is 6.45. The molecule has 0 aliphatic rings.